The van der Waals surface area contributed by atoms with Gasteiger partial charge in [0.15, 0.2) is 0 Å². The van der Waals surface area contributed by atoms with Crippen molar-refractivity contribution in [1.29, 1.82) is 0 Å². The van der Waals surface area contributed by atoms with Crippen LogP contribution in [0.2, 0.25) is 5.02 Å². The largest absolute Gasteiger partial charge is 0.296 e. The van der Waals surface area contributed by atoms with Crippen molar-refractivity contribution >= 4 is 45.3 Å². The molecule has 4 aromatic rings. The number of hydrogen-bond acceptors (Lipinski definition) is 6. The zero-order valence-electron chi connectivity index (χ0n) is 12.7. The Hall–Kier alpha value is -2.35. The van der Waals surface area contributed by atoms with Gasteiger partial charge in [0.2, 0.25) is 4.96 Å². The van der Waals surface area contributed by atoms with E-state index >= 15 is 0 Å². The predicted octanol–water partition coefficient (Wildman–Crippen LogP) is 2.36. The molecule has 3 aromatic heterocycles. The lowest BCUT2D eigenvalue weighted by Crippen LogP contribution is -2.27. The Morgan fingerprint density at radius 3 is 2.68 bits per heavy atom. The molecule has 25 heavy (non-hydrogen) atoms. The number of nitrogens with zero attached hydrogens (tertiary/aromatic N) is 3. The number of benzene rings is 1. The van der Waals surface area contributed by atoms with Crippen LogP contribution >= 0.6 is 34.3 Å². The SMILES string of the molecule is O=c1nc2s/c(=C/c3cccs3)c(=O)n2nc1Cc1ccc(Cl)cc1. The molecular formula is C17H10ClN3O2S2. The van der Waals surface area contributed by atoms with E-state index in [1.54, 1.807) is 18.2 Å². The number of thiazole rings is 1. The van der Waals surface area contributed by atoms with Gasteiger partial charge in [-0.25, -0.2) is 0 Å². The van der Waals surface area contributed by atoms with E-state index in [1.165, 1.54) is 15.9 Å². The lowest BCUT2D eigenvalue weighted by molar-refractivity contribution is 0.811. The first kappa shape index (κ1) is 16.1. The molecular weight excluding hydrogens is 378 g/mol. The highest BCUT2D eigenvalue weighted by Gasteiger charge is 2.11. The normalized spacial score (nSPS) is 12.1. The van der Waals surface area contributed by atoms with Gasteiger partial charge in [-0.15, -0.1) is 11.3 Å². The van der Waals surface area contributed by atoms with Gasteiger partial charge in [-0.2, -0.15) is 14.6 Å². The van der Waals surface area contributed by atoms with Gasteiger partial charge in [-0.1, -0.05) is 41.1 Å². The highest BCUT2D eigenvalue weighted by Crippen LogP contribution is 2.12. The minimum absolute atomic E-state index is 0.234. The van der Waals surface area contributed by atoms with Crippen LogP contribution in [0.25, 0.3) is 11.0 Å². The molecule has 0 saturated heterocycles. The second kappa shape index (κ2) is 6.51. The minimum atomic E-state index is -0.418. The number of fused-ring (bicyclic) bond motifs is 1. The van der Waals surface area contributed by atoms with Gasteiger partial charge in [0, 0.05) is 16.3 Å². The number of thiophene rings is 1. The topological polar surface area (TPSA) is 64.3 Å². The highest BCUT2D eigenvalue weighted by molar-refractivity contribution is 7.15. The Balaban J connectivity index is 1.81. The lowest BCUT2D eigenvalue weighted by atomic mass is 10.1. The molecule has 0 amide bonds. The summed E-state index contributed by atoms with van der Waals surface area (Å²) in [6, 6.07) is 11.0. The van der Waals surface area contributed by atoms with Crippen LogP contribution in [-0.4, -0.2) is 14.6 Å². The van der Waals surface area contributed by atoms with Crippen LogP contribution in [0.1, 0.15) is 16.1 Å². The summed E-state index contributed by atoms with van der Waals surface area (Å²) in [5.41, 5.74) is 0.429. The standard InChI is InChI=1S/C17H10ClN3O2S2/c18-11-5-3-10(4-6-11)8-13-15(22)19-17-21(20-13)16(23)14(25-17)9-12-2-1-7-24-12/h1-7,9H,8H2/b14-9+. The third-order valence-corrected chi connectivity index (χ3v) is 5.58. The van der Waals surface area contributed by atoms with E-state index in [1.807, 2.05) is 29.6 Å². The summed E-state index contributed by atoms with van der Waals surface area (Å²) in [7, 11) is 0. The van der Waals surface area contributed by atoms with Crippen LogP contribution in [0, 0.1) is 0 Å². The van der Waals surface area contributed by atoms with Crippen molar-refractivity contribution in [2.45, 2.75) is 6.42 Å². The molecule has 0 radical (unpaired) electrons. The van der Waals surface area contributed by atoms with E-state index in [-0.39, 0.29) is 11.3 Å². The van der Waals surface area contributed by atoms with Crippen molar-refractivity contribution in [2.24, 2.45) is 0 Å². The monoisotopic (exact) mass is 387 g/mol. The van der Waals surface area contributed by atoms with Gasteiger partial charge in [0.1, 0.15) is 5.69 Å². The molecule has 0 spiro atoms. The summed E-state index contributed by atoms with van der Waals surface area (Å²) in [5, 5.41) is 6.79. The van der Waals surface area contributed by atoms with Gasteiger partial charge in [-0.05, 0) is 35.2 Å². The van der Waals surface area contributed by atoms with Gasteiger partial charge >= 0.3 is 0 Å². The first-order valence-corrected chi connectivity index (χ1v) is 9.40. The summed E-state index contributed by atoms with van der Waals surface area (Å²) >= 11 is 8.57. The molecule has 3 heterocycles. The van der Waals surface area contributed by atoms with Gasteiger partial charge < -0.3 is 0 Å². The number of halogens is 1. The van der Waals surface area contributed by atoms with E-state index in [2.05, 4.69) is 10.1 Å². The molecule has 0 atom stereocenters. The zero-order chi connectivity index (χ0) is 17.4. The number of hydrogen-bond donors (Lipinski definition) is 0. The third-order valence-electron chi connectivity index (χ3n) is 3.55. The Bertz CT molecular complexity index is 1210. The Morgan fingerprint density at radius 1 is 1.16 bits per heavy atom. The minimum Gasteiger partial charge on any atom is -0.266 e. The smallest absolute Gasteiger partial charge is 0.266 e. The fourth-order valence-corrected chi connectivity index (χ4v) is 4.10. The molecule has 0 saturated carbocycles. The summed E-state index contributed by atoms with van der Waals surface area (Å²) in [6.07, 6.45) is 2.09. The van der Waals surface area contributed by atoms with Crippen LogP contribution in [0.4, 0.5) is 0 Å². The molecule has 4 rings (SSSR count). The Kier molecular flexibility index (Phi) is 4.20. The highest BCUT2D eigenvalue weighted by atomic mass is 35.5. The molecule has 0 fully saturated rings. The van der Waals surface area contributed by atoms with Crippen molar-refractivity contribution in [3.8, 4) is 0 Å². The molecule has 124 valence electrons. The summed E-state index contributed by atoms with van der Waals surface area (Å²) in [4.78, 5) is 30.1. The van der Waals surface area contributed by atoms with Crippen molar-refractivity contribution < 1.29 is 0 Å². The van der Waals surface area contributed by atoms with Gasteiger partial charge in [0.25, 0.3) is 11.1 Å². The quantitative estimate of drug-likeness (QED) is 0.541. The first-order valence-electron chi connectivity index (χ1n) is 7.32. The predicted molar refractivity (Wildman–Crippen MR) is 101 cm³/mol. The molecule has 0 bridgehead atoms. The lowest BCUT2D eigenvalue weighted by Gasteiger charge is -2.00. The molecule has 0 N–H and O–H groups in total. The van der Waals surface area contributed by atoms with Crippen LogP contribution in [-0.2, 0) is 6.42 Å². The van der Waals surface area contributed by atoms with E-state index in [0.717, 1.165) is 21.8 Å². The molecule has 1 aromatic carbocycles. The second-order valence-corrected chi connectivity index (χ2v) is 7.72. The molecule has 0 aliphatic rings. The summed E-state index contributed by atoms with van der Waals surface area (Å²) < 4.78 is 1.71. The number of aromatic nitrogens is 3. The zero-order valence-corrected chi connectivity index (χ0v) is 15.1. The van der Waals surface area contributed by atoms with Gasteiger partial charge in [-0.3, -0.25) is 9.59 Å². The third kappa shape index (κ3) is 3.26. The van der Waals surface area contributed by atoms with Crippen LogP contribution in [0.15, 0.2) is 51.4 Å². The van der Waals surface area contributed by atoms with Crippen molar-refractivity contribution in [3.63, 3.8) is 0 Å². The molecule has 0 aliphatic heterocycles. The van der Waals surface area contributed by atoms with E-state index < -0.39 is 5.56 Å². The molecule has 0 aliphatic carbocycles. The van der Waals surface area contributed by atoms with Gasteiger partial charge in [0.05, 0.1) is 4.53 Å². The van der Waals surface area contributed by atoms with Crippen LogP contribution in [0.5, 0.6) is 0 Å². The summed E-state index contributed by atoms with van der Waals surface area (Å²) in [6.45, 7) is 0. The van der Waals surface area contributed by atoms with Crippen LogP contribution in [0.3, 0.4) is 0 Å². The fraction of sp³-hybridized carbons (Fsp3) is 0.0588. The van der Waals surface area contributed by atoms with Crippen molar-refractivity contribution in [3.05, 3.63) is 88.2 Å². The average molecular weight is 388 g/mol. The average Bonchev–Trinajstić information content (AvgIpc) is 3.20. The fourth-order valence-electron chi connectivity index (χ4n) is 2.35. The molecule has 8 heteroatoms. The first-order chi connectivity index (χ1) is 12.1. The van der Waals surface area contributed by atoms with E-state index in [9.17, 15) is 9.59 Å². The van der Waals surface area contributed by atoms with Crippen LogP contribution < -0.4 is 15.7 Å². The van der Waals surface area contributed by atoms with Crippen molar-refractivity contribution in [1.82, 2.24) is 14.6 Å². The Morgan fingerprint density at radius 2 is 1.96 bits per heavy atom. The summed E-state index contributed by atoms with van der Waals surface area (Å²) in [5.74, 6) is 0. The Labute approximate surface area is 154 Å². The molecule has 5 nitrogen and oxygen atoms in total. The van der Waals surface area contributed by atoms with Crippen molar-refractivity contribution in [2.75, 3.05) is 0 Å². The maximum atomic E-state index is 12.5. The maximum absolute atomic E-state index is 12.5. The maximum Gasteiger partial charge on any atom is 0.296 e. The number of rotatable bonds is 3. The van der Waals surface area contributed by atoms with E-state index in [4.69, 9.17) is 11.6 Å². The molecule has 0 unspecified atom stereocenters. The van der Waals surface area contributed by atoms with E-state index in [0.29, 0.717) is 20.9 Å². The second-order valence-electron chi connectivity index (χ2n) is 5.29.